The standard InChI is InChI=1S/C19H19N3O4/c1-3-26-16-5-4-10-22-17(12(2)21-18(16)22)15(23)7-6-13-8-9-20-14(11-13)19(24)25/h4-5,8-11H,3,6-7H2,1-2H3,(H,24,25). The first-order chi connectivity index (χ1) is 12.5. The molecule has 0 aliphatic heterocycles. The zero-order valence-corrected chi connectivity index (χ0v) is 14.6. The fourth-order valence-electron chi connectivity index (χ4n) is 2.88. The summed E-state index contributed by atoms with van der Waals surface area (Å²) in [7, 11) is 0. The van der Waals surface area contributed by atoms with E-state index in [9.17, 15) is 9.59 Å². The topological polar surface area (TPSA) is 93.8 Å². The van der Waals surface area contributed by atoms with Crippen molar-refractivity contribution < 1.29 is 19.4 Å². The average molecular weight is 353 g/mol. The summed E-state index contributed by atoms with van der Waals surface area (Å²) in [6, 6.07) is 6.85. The molecule has 0 spiro atoms. The summed E-state index contributed by atoms with van der Waals surface area (Å²) in [4.78, 5) is 32.0. The average Bonchev–Trinajstić information content (AvgIpc) is 2.97. The van der Waals surface area contributed by atoms with E-state index < -0.39 is 5.97 Å². The third-order valence-corrected chi connectivity index (χ3v) is 4.04. The van der Waals surface area contributed by atoms with Crippen molar-refractivity contribution in [3.05, 3.63) is 59.3 Å². The van der Waals surface area contributed by atoms with E-state index in [0.717, 1.165) is 5.56 Å². The molecule has 3 rings (SSSR count). The molecule has 0 aromatic carbocycles. The largest absolute Gasteiger partial charge is 0.490 e. The van der Waals surface area contributed by atoms with Gasteiger partial charge in [-0.25, -0.2) is 14.8 Å². The zero-order valence-electron chi connectivity index (χ0n) is 14.6. The molecule has 134 valence electrons. The number of Topliss-reactive ketones (excluding diaryl/α,β-unsaturated/α-hetero) is 1. The highest BCUT2D eigenvalue weighted by atomic mass is 16.5. The normalized spacial score (nSPS) is 10.8. The van der Waals surface area contributed by atoms with Crippen molar-refractivity contribution in [2.45, 2.75) is 26.7 Å². The van der Waals surface area contributed by atoms with Crippen molar-refractivity contribution in [3.63, 3.8) is 0 Å². The molecular formula is C19H19N3O4. The predicted molar refractivity (Wildman–Crippen MR) is 94.9 cm³/mol. The van der Waals surface area contributed by atoms with Crippen molar-refractivity contribution in [1.29, 1.82) is 0 Å². The monoisotopic (exact) mass is 353 g/mol. The Morgan fingerprint density at radius 1 is 1.31 bits per heavy atom. The lowest BCUT2D eigenvalue weighted by atomic mass is 10.1. The van der Waals surface area contributed by atoms with Gasteiger partial charge in [0.15, 0.2) is 17.2 Å². The van der Waals surface area contributed by atoms with Gasteiger partial charge >= 0.3 is 5.97 Å². The maximum atomic E-state index is 12.8. The van der Waals surface area contributed by atoms with Crippen LogP contribution in [0.3, 0.4) is 0 Å². The van der Waals surface area contributed by atoms with Gasteiger partial charge in [0.25, 0.3) is 0 Å². The van der Waals surface area contributed by atoms with Gasteiger partial charge < -0.3 is 9.84 Å². The smallest absolute Gasteiger partial charge is 0.354 e. The maximum Gasteiger partial charge on any atom is 0.354 e. The second kappa shape index (κ2) is 7.35. The number of carboxylic acid groups (broad SMARTS) is 1. The van der Waals surface area contributed by atoms with Crippen LogP contribution in [0.1, 0.15) is 45.6 Å². The Hall–Kier alpha value is -3.22. The van der Waals surface area contributed by atoms with Gasteiger partial charge in [0, 0.05) is 18.8 Å². The molecule has 0 unspecified atom stereocenters. The number of ketones is 1. The van der Waals surface area contributed by atoms with E-state index in [0.29, 0.717) is 35.8 Å². The molecule has 1 N–H and O–H groups in total. The number of fused-ring (bicyclic) bond motifs is 1. The summed E-state index contributed by atoms with van der Waals surface area (Å²) in [6.45, 7) is 4.21. The van der Waals surface area contributed by atoms with E-state index in [4.69, 9.17) is 9.84 Å². The summed E-state index contributed by atoms with van der Waals surface area (Å²) < 4.78 is 7.32. The molecule has 0 aliphatic rings. The van der Waals surface area contributed by atoms with E-state index in [1.165, 1.54) is 12.3 Å². The van der Waals surface area contributed by atoms with Crippen molar-refractivity contribution in [2.75, 3.05) is 6.61 Å². The highest BCUT2D eigenvalue weighted by Crippen LogP contribution is 2.23. The number of aryl methyl sites for hydroxylation is 2. The fraction of sp³-hybridized carbons (Fsp3) is 0.263. The number of hydrogen-bond acceptors (Lipinski definition) is 5. The minimum atomic E-state index is -1.08. The molecule has 0 amide bonds. The van der Waals surface area contributed by atoms with Gasteiger partial charge in [-0.2, -0.15) is 0 Å². The number of carbonyl (C=O) groups excluding carboxylic acids is 1. The summed E-state index contributed by atoms with van der Waals surface area (Å²) in [5.41, 5.74) is 2.51. The van der Waals surface area contributed by atoms with Crippen LogP contribution in [0.4, 0.5) is 0 Å². The second-order valence-electron chi connectivity index (χ2n) is 5.82. The van der Waals surface area contributed by atoms with Gasteiger partial charge in [0.2, 0.25) is 0 Å². The van der Waals surface area contributed by atoms with Crippen LogP contribution in [-0.2, 0) is 6.42 Å². The molecule has 0 saturated carbocycles. The van der Waals surface area contributed by atoms with Crippen molar-refractivity contribution in [1.82, 2.24) is 14.4 Å². The number of pyridine rings is 2. The second-order valence-corrected chi connectivity index (χ2v) is 5.82. The minimum absolute atomic E-state index is 0.0257. The molecule has 3 heterocycles. The lowest BCUT2D eigenvalue weighted by molar-refractivity contribution is 0.0690. The SMILES string of the molecule is CCOc1cccn2c(C(=O)CCc3ccnc(C(=O)O)c3)c(C)nc12. The highest BCUT2D eigenvalue weighted by Gasteiger charge is 2.18. The first-order valence-electron chi connectivity index (χ1n) is 8.33. The molecule has 0 radical (unpaired) electrons. The fourth-order valence-corrected chi connectivity index (χ4v) is 2.88. The highest BCUT2D eigenvalue weighted by molar-refractivity contribution is 5.97. The van der Waals surface area contributed by atoms with Gasteiger partial charge in [0.1, 0.15) is 11.4 Å². The predicted octanol–water partition coefficient (Wildman–Crippen LogP) is 2.95. The van der Waals surface area contributed by atoms with Gasteiger partial charge in [0.05, 0.1) is 12.3 Å². The van der Waals surface area contributed by atoms with Crippen molar-refractivity contribution in [2.24, 2.45) is 0 Å². The summed E-state index contributed by atoms with van der Waals surface area (Å²) >= 11 is 0. The van der Waals surface area contributed by atoms with Gasteiger partial charge in [-0.05, 0) is 50.1 Å². The van der Waals surface area contributed by atoms with Crippen LogP contribution >= 0.6 is 0 Å². The van der Waals surface area contributed by atoms with Crippen LogP contribution in [0.5, 0.6) is 5.75 Å². The van der Waals surface area contributed by atoms with Crippen LogP contribution in [0.2, 0.25) is 0 Å². The van der Waals surface area contributed by atoms with Crippen molar-refractivity contribution >= 4 is 17.4 Å². The Bertz CT molecular complexity index is 978. The quantitative estimate of drug-likeness (QED) is 0.656. The zero-order chi connectivity index (χ0) is 18.7. The third kappa shape index (κ3) is 3.42. The number of aromatic nitrogens is 3. The Balaban J connectivity index is 1.84. The summed E-state index contributed by atoms with van der Waals surface area (Å²) in [5.74, 6) is -0.506. The maximum absolute atomic E-state index is 12.8. The number of carboxylic acids is 1. The van der Waals surface area contributed by atoms with Crippen LogP contribution < -0.4 is 4.74 Å². The molecule has 0 atom stereocenters. The molecule has 0 bridgehead atoms. The van der Waals surface area contributed by atoms with Crippen LogP contribution in [0, 0.1) is 6.92 Å². The van der Waals surface area contributed by atoms with Crippen LogP contribution in [-0.4, -0.2) is 37.8 Å². The third-order valence-electron chi connectivity index (χ3n) is 4.04. The summed E-state index contributed by atoms with van der Waals surface area (Å²) in [6.07, 6.45) is 3.91. The van der Waals surface area contributed by atoms with E-state index >= 15 is 0 Å². The van der Waals surface area contributed by atoms with Crippen LogP contribution in [0.15, 0.2) is 36.7 Å². The number of rotatable bonds is 7. The Morgan fingerprint density at radius 2 is 2.12 bits per heavy atom. The van der Waals surface area contributed by atoms with E-state index in [-0.39, 0.29) is 17.9 Å². The molecule has 3 aromatic rings. The number of nitrogens with zero attached hydrogens (tertiary/aromatic N) is 3. The number of ether oxygens (including phenoxy) is 1. The molecule has 0 aliphatic carbocycles. The van der Waals surface area contributed by atoms with E-state index in [1.54, 1.807) is 23.6 Å². The minimum Gasteiger partial charge on any atom is -0.490 e. The van der Waals surface area contributed by atoms with Crippen LogP contribution in [0.25, 0.3) is 5.65 Å². The number of carbonyl (C=O) groups is 2. The molecule has 7 nitrogen and oxygen atoms in total. The molecule has 0 fully saturated rings. The Labute approximate surface area is 150 Å². The number of imidazole rings is 1. The van der Waals surface area contributed by atoms with Gasteiger partial charge in [-0.3, -0.25) is 9.20 Å². The molecule has 3 aromatic heterocycles. The summed E-state index contributed by atoms with van der Waals surface area (Å²) in [5, 5.41) is 9.01. The molecule has 0 saturated heterocycles. The number of hydrogen-bond donors (Lipinski definition) is 1. The molecule has 7 heteroatoms. The molecular weight excluding hydrogens is 334 g/mol. The number of aromatic carboxylic acids is 1. The Morgan fingerprint density at radius 3 is 2.85 bits per heavy atom. The lowest BCUT2D eigenvalue weighted by Gasteiger charge is -2.06. The lowest BCUT2D eigenvalue weighted by Crippen LogP contribution is -2.08. The Kier molecular flexibility index (Phi) is 4.97. The van der Waals surface area contributed by atoms with Gasteiger partial charge in [-0.15, -0.1) is 0 Å². The van der Waals surface area contributed by atoms with E-state index in [2.05, 4.69) is 9.97 Å². The van der Waals surface area contributed by atoms with Crippen molar-refractivity contribution in [3.8, 4) is 5.75 Å². The van der Waals surface area contributed by atoms with E-state index in [1.807, 2.05) is 19.1 Å². The molecule has 26 heavy (non-hydrogen) atoms. The first-order valence-corrected chi connectivity index (χ1v) is 8.33. The van der Waals surface area contributed by atoms with Gasteiger partial charge in [-0.1, -0.05) is 0 Å². The first kappa shape index (κ1) is 17.6.